The average molecular weight is 451 g/mol. The van der Waals surface area contributed by atoms with Crippen LogP contribution in [0.25, 0.3) is 0 Å². The second-order valence-corrected chi connectivity index (χ2v) is 9.53. The van der Waals surface area contributed by atoms with Gasteiger partial charge in [0.25, 0.3) is 0 Å². The van der Waals surface area contributed by atoms with Gasteiger partial charge in [0.1, 0.15) is 0 Å². The van der Waals surface area contributed by atoms with E-state index in [1.807, 2.05) is 50.2 Å². The van der Waals surface area contributed by atoms with Crippen molar-refractivity contribution in [3.05, 3.63) is 58.1 Å². The van der Waals surface area contributed by atoms with Gasteiger partial charge in [0.2, 0.25) is 15.9 Å². The van der Waals surface area contributed by atoms with Crippen LogP contribution in [-0.4, -0.2) is 31.2 Å². The van der Waals surface area contributed by atoms with Gasteiger partial charge in [0.05, 0.1) is 4.90 Å². The minimum Gasteiger partial charge on any atom is -0.309 e. The number of carbonyl (C=O) groups is 1. The van der Waals surface area contributed by atoms with Crippen LogP contribution >= 0.6 is 15.9 Å². The van der Waals surface area contributed by atoms with E-state index >= 15 is 0 Å². The van der Waals surface area contributed by atoms with E-state index < -0.39 is 10.0 Å². The molecule has 0 unspecified atom stereocenters. The summed E-state index contributed by atoms with van der Waals surface area (Å²) in [6.45, 7) is 5.96. The standard InChI is InChI=1S/C20H23BrN2O3S/c1-4-22(13-16-8-6-5-7-9-16)27(25,26)20-12-19-17(11-18(20)21)10-14(2)23(19)15(3)24/h5-9,11-12,14H,4,10,13H2,1-3H3/t14-/m0/s1. The highest BCUT2D eigenvalue weighted by molar-refractivity contribution is 9.10. The number of sulfonamides is 1. The first kappa shape index (κ1) is 20.0. The third-order valence-corrected chi connectivity index (χ3v) is 7.74. The number of fused-ring (bicyclic) bond motifs is 1. The number of anilines is 1. The zero-order valence-corrected chi connectivity index (χ0v) is 18.0. The van der Waals surface area contributed by atoms with Crippen molar-refractivity contribution in [1.29, 1.82) is 0 Å². The molecule has 7 heteroatoms. The van der Waals surface area contributed by atoms with Crippen LogP contribution < -0.4 is 4.90 Å². The number of amides is 1. The Morgan fingerprint density at radius 1 is 1.26 bits per heavy atom. The molecule has 0 radical (unpaired) electrons. The van der Waals surface area contributed by atoms with Crippen molar-refractivity contribution in [2.45, 2.75) is 44.7 Å². The summed E-state index contributed by atoms with van der Waals surface area (Å²) >= 11 is 3.44. The van der Waals surface area contributed by atoms with E-state index in [-0.39, 0.29) is 16.8 Å². The largest absolute Gasteiger partial charge is 0.309 e. The number of hydrogen-bond acceptors (Lipinski definition) is 3. The maximum Gasteiger partial charge on any atom is 0.244 e. The van der Waals surface area contributed by atoms with E-state index in [1.54, 1.807) is 11.0 Å². The number of benzene rings is 2. The van der Waals surface area contributed by atoms with Gasteiger partial charge in [-0.3, -0.25) is 4.79 Å². The minimum absolute atomic E-state index is 0.0222. The Hall–Kier alpha value is -1.70. The van der Waals surface area contributed by atoms with Gasteiger partial charge in [-0.05, 0) is 52.5 Å². The van der Waals surface area contributed by atoms with Crippen molar-refractivity contribution >= 4 is 37.5 Å². The Morgan fingerprint density at radius 3 is 2.52 bits per heavy atom. The van der Waals surface area contributed by atoms with Gasteiger partial charge < -0.3 is 4.90 Å². The van der Waals surface area contributed by atoms with Crippen LogP contribution in [0.1, 0.15) is 31.9 Å². The minimum atomic E-state index is -3.72. The van der Waals surface area contributed by atoms with Gasteiger partial charge in [-0.1, -0.05) is 37.3 Å². The summed E-state index contributed by atoms with van der Waals surface area (Å²) < 4.78 is 28.7. The molecule has 1 aliphatic rings. The number of rotatable bonds is 5. The lowest BCUT2D eigenvalue weighted by Crippen LogP contribution is -2.34. The van der Waals surface area contributed by atoms with Crippen molar-refractivity contribution in [3.8, 4) is 0 Å². The maximum atomic E-state index is 13.3. The molecule has 144 valence electrons. The lowest BCUT2D eigenvalue weighted by Gasteiger charge is -2.24. The topological polar surface area (TPSA) is 57.7 Å². The van der Waals surface area contributed by atoms with E-state index in [1.165, 1.54) is 11.2 Å². The molecule has 0 spiro atoms. The molecule has 1 heterocycles. The smallest absolute Gasteiger partial charge is 0.244 e. The molecular formula is C20H23BrN2O3S. The lowest BCUT2D eigenvalue weighted by atomic mass is 10.1. The molecule has 3 rings (SSSR count). The number of carbonyl (C=O) groups excluding carboxylic acids is 1. The summed E-state index contributed by atoms with van der Waals surface area (Å²) in [5.41, 5.74) is 2.60. The number of nitrogens with zero attached hydrogens (tertiary/aromatic N) is 2. The maximum absolute atomic E-state index is 13.3. The van der Waals surface area contributed by atoms with E-state index in [4.69, 9.17) is 0 Å². The first-order valence-corrected chi connectivity index (χ1v) is 11.1. The van der Waals surface area contributed by atoms with Crippen LogP contribution in [0, 0.1) is 0 Å². The Bertz CT molecular complexity index is 961. The molecule has 0 fully saturated rings. The highest BCUT2D eigenvalue weighted by Crippen LogP contribution is 2.39. The van der Waals surface area contributed by atoms with Gasteiger partial charge in [-0.2, -0.15) is 4.31 Å². The molecule has 2 aromatic carbocycles. The zero-order chi connectivity index (χ0) is 19.8. The van der Waals surface area contributed by atoms with Crippen LogP contribution in [0.2, 0.25) is 0 Å². The molecule has 1 aliphatic heterocycles. The van der Waals surface area contributed by atoms with Crippen LogP contribution in [-0.2, 0) is 27.8 Å². The van der Waals surface area contributed by atoms with Crippen LogP contribution in [0.5, 0.6) is 0 Å². The van der Waals surface area contributed by atoms with Crippen molar-refractivity contribution in [1.82, 2.24) is 4.31 Å². The molecule has 1 amide bonds. The molecule has 5 nitrogen and oxygen atoms in total. The summed E-state index contributed by atoms with van der Waals surface area (Å²) in [5, 5.41) is 0. The number of hydrogen-bond donors (Lipinski definition) is 0. The molecule has 0 bridgehead atoms. The van der Waals surface area contributed by atoms with Crippen molar-refractivity contribution in [2.75, 3.05) is 11.4 Å². The van der Waals surface area contributed by atoms with Gasteiger partial charge in [0.15, 0.2) is 0 Å². The molecular weight excluding hydrogens is 428 g/mol. The highest BCUT2D eigenvalue weighted by Gasteiger charge is 2.33. The van der Waals surface area contributed by atoms with Crippen molar-refractivity contribution in [2.24, 2.45) is 0 Å². The van der Waals surface area contributed by atoms with Crippen molar-refractivity contribution in [3.63, 3.8) is 0 Å². The fourth-order valence-corrected chi connectivity index (χ4v) is 6.10. The van der Waals surface area contributed by atoms with Crippen molar-refractivity contribution < 1.29 is 13.2 Å². The van der Waals surface area contributed by atoms with Crippen LogP contribution in [0.15, 0.2) is 51.8 Å². The highest BCUT2D eigenvalue weighted by atomic mass is 79.9. The molecule has 0 aromatic heterocycles. The third kappa shape index (κ3) is 3.81. The normalized spacial score (nSPS) is 16.6. The Labute approximate surface area is 169 Å². The summed E-state index contributed by atoms with van der Waals surface area (Å²) in [7, 11) is -3.72. The Balaban J connectivity index is 2.03. The van der Waals surface area contributed by atoms with E-state index in [0.29, 0.717) is 23.2 Å². The predicted octanol–water partition coefficient (Wildman–Crippen LogP) is 3.96. The van der Waals surface area contributed by atoms with E-state index in [0.717, 1.165) is 17.5 Å². The molecule has 0 aliphatic carbocycles. The summed E-state index contributed by atoms with van der Waals surface area (Å²) in [5.74, 6) is -0.0800. The Morgan fingerprint density at radius 2 is 1.93 bits per heavy atom. The molecule has 0 N–H and O–H groups in total. The molecule has 1 atom stereocenters. The van der Waals surface area contributed by atoms with Gasteiger partial charge in [0, 0.05) is 36.2 Å². The van der Waals surface area contributed by atoms with Crippen LogP contribution in [0.4, 0.5) is 5.69 Å². The molecule has 27 heavy (non-hydrogen) atoms. The van der Waals surface area contributed by atoms with Gasteiger partial charge in [-0.15, -0.1) is 0 Å². The Kier molecular flexibility index (Phi) is 5.74. The average Bonchev–Trinajstić information content (AvgIpc) is 2.94. The second kappa shape index (κ2) is 7.73. The zero-order valence-electron chi connectivity index (χ0n) is 15.6. The fourth-order valence-electron chi connectivity index (χ4n) is 3.59. The summed E-state index contributed by atoms with van der Waals surface area (Å²) in [6.07, 6.45) is 0.718. The van der Waals surface area contributed by atoms with E-state index in [9.17, 15) is 13.2 Å². The van der Waals surface area contributed by atoms with Gasteiger partial charge >= 0.3 is 0 Å². The number of halogens is 1. The first-order chi connectivity index (χ1) is 12.8. The lowest BCUT2D eigenvalue weighted by molar-refractivity contribution is -0.116. The summed E-state index contributed by atoms with van der Waals surface area (Å²) in [6, 6.07) is 13.0. The van der Waals surface area contributed by atoms with Crippen LogP contribution in [0.3, 0.4) is 0 Å². The molecule has 2 aromatic rings. The SMILES string of the molecule is CCN(Cc1ccccc1)S(=O)(=O)c1cc2c(cc1Br)C[C@H](C)N2C(C)=O. The summed E-state index contributed by atoms with van der Waals surface area (Å²) in [4.78, 5) is 13.9. The van der Waals surface area contributed by atoms with Gasteiger partial charge in [-0.25, -0.2) is 8.42 Å². The molecule has 0 saturated carbocycles. The fraction of sp³-hybridized carbons (Fsp3) is 0.350. The predicted molar refractivity (Wildman–Crippen MR) is 110 cm³/mol. The molecule has 0 saturated heterocycles. The monoisotopic (exact) mass is 450 g/mol. The van der Waals surface area contributed by atoms with E-state index in [2.05, 4.69) is 15.9 Å². The third-order valence-electron chi connectivity index (χ3n) is 4.86. The quantitative estimate of drug-likeness (QED) is 0.692. The first-order valence-electron chi connectivity index (χ1n) is 8.92. The second-order valence-electron chi connectivity index (χ2n) is 6.77.